The summed E-state index contributed by atoms with van der Waals surface area (Å²) in [6.45, 7) is 13.5. The quantitative estimate of drug-likeness (QED) is 0.0571. The van der Waals surface area contributed by atoms with Gasteiger partial charge in [0.1, 0.15) is 17.2 Å². The molecular weight excluding hydrogens is 907 g/mol. The number of fused-ring (bicyclic) bond motifs is 1. The summed E-state index contributed by atoms with van der Waals surface area (Å²) < 4.78 is 28.0. The maximum atomic E-state index is 13.2. The zero-order chi connectivity index (χ0) is 49.8. The number of aromatic nitrogens is 3. The summed E-state index contributed by atoms with van der Waals surface area (Å²) in [5.41, 5.74) is 7.21. The molecule has 0 aliphatic carbocycles. The number of likely N-dealkylation sites (tertiary alicyclic amines) is 1. The van der Waals surface area contributed by atoms with Crippen LogP contribution in [0.3, 0.4) is 0 Å². The lowest BCUT2D eigenvalue weighted by Gasteiger charge is -2.36. The van der Waals surface area contributed by atoms with Crippen LogP contribution in [-0.4, -0.2) is 155 Å². The highest BCUT2D eigenvalue weighted by molar-refractivity contribution is 5.94. The molecule has 380 valence electrons. The van der Waals surface area contributed by atoms with Crippen molar-refractivity contribution in [3.63, 3.8) is 0 Å². The Labute approximate surface area is 415 Å². The molecule has 0 saturated carbocycles. The first-order valence-corrected chi connectivity index (χ1v) is 24.8. The minimum atomic E-state index is -0.260. The number of piperazine rings is 1. The van der Waals surface area contributed by atoms with Crippen molar-refractivity contribution in [2.24, 2.45) is 0 Å². The van der Waals surface area contributed by atoms with Gasteiger partial charge in [-0.05, 0) is 79.8 Å². The molecule has 5 aromatic rings. The fourth-order valence-electron chi connectivity index (χ4n) is 8.78. The average molecular weight is 976 g/mol. The molecule has 1 atom stereocenters. The van der Waals surface area contributed by atoms with E-state index in [-0.39, 0.29) is 35.7 Å². The molecule has 3 amide bonds. The monoisotopic (exact) mass is 976 g/mol. The summed E-state index contributed by atoms with van der Waals surface area (Å²) in [5, 5.41) is 9.06. The third-order valence-electron chi connectivity index (χ3n) is 12.7. The molecule has 7 rings (SSSR count). The van der Waals surface area contributed by atoms with Gasteiger partial charge in [-0.2, -0.15) is 0 Å². The summed E-state index contributed by atoms with van der Waals surface area (Å²) in [5.74, 6) is 1.22. The second-order valence-corrected chi connectivity index (χ2v) is 17.6. The molecule has 4 N–H and O–H groups in total. The lowest BCUT2D eigenvalue weighted by atomic mass is 9.89. The number of ether oxygens (including phenoxy) is 5. The number of pyridine rings is 3. The lowest BCUT2D eigenvalue weighted by molar-refractivity contribution is -0.131. The highest BCUT2D eigenvalue weighted by atomic mass is 16.5. The minimum Gasteiger partial charge on any atom is -0.497 e. The van der Waals surface area contributed by atoms with E-state index in [9.17, 15) is 19.2 Å². The van der Waals surface area contributed by atoms with Crippen LogP contribution in [0.25, 0.3) is 11.0 Å². The third kappa shape index (κ3) is 15.5. The molecule has 0 spiro atoms. The third-order valence-corrected chi connectivity index (χ3v) is 12.7. The number of amides is 3. The summed E-state index contributed by atoms with van der Waals surface area (Å²) in [7, 11) is 1.62. The van der Waals surface area contributed by atoms with Crippen molar-refractivity contribution in [1.82, 2.24) is 40.7 Å². The van der Waals surface area contributed by atoms with E-state index in [1.807, 2.05) is 79.5 Å². The number of aromatic amines is 1. The van der Waals surface area contributed by atoms with Crippen LogP contribution in [0.5, 0.6) is 11.5 Å². The van der Waals surface area contributed by atoms with Gasteiger partial charge in [-0.3, -0.25) is 29.1 Å². The molecule has 0 bridgehead atoms. The molecule has 2 aromatic carbocycles. The van der Waals surface area contributed by atoms with E-state index in [1.54, 1.807) is 25.4 Å². The largest absolute Gasteiger partial charge is 0.497 e. The topological polar surface area (TPSA) is 202 Å². The molecule has 5 heterocycles. The molecule has 18 heteroatoms. The molecule has 2 fully saturated rings. The van der Waals surface area contributed by atoms with Gasteiger partial charge in [0.05, 0.1) is 82.8 Å². The number of nitrogens with zero attached hydrogens (tertiary/aromatic N) is 5. The first-order valence-electron chi connectivity index (χ1n) is 24.8. The zero-order valence-corrected chi connectivity index (χ0v) is 41.3. The van der Waals surface area contributed by atoms with E-state index in [0.29, 0.717) is 96.7 Å². The van der Waals surface area contributed by atoms with E-state index in [1.165, 1.54) is 0 Å². The molecule has 2 saturated heterocycles. The van der Waals surface area contributed by atoms with Crippen LogP contribution < -0.4 is 35.9 Å². The normalized spacial score (nSPS) is 15.2. The predicted molar refractivity (Wildman–Crippen MR) is 271 cm³/mol. The smallest absolute Gasteiger partial charge is 0.269 e. The Hall–Kier alpha value is -6.44. The zero-order valence-electron chi connectivity index (χ0n) is 41.3. The lowest BCUT2D eigenvalue weighted by Crippen LogP contribution is -2.46. The number of hydrogen-bond acceptors (Lipinski definition) is 14. The van der Waals surface area contributed by atoms with Crippen LogP contribution in [0.4, 0.5) is 5.69 Å². The Bertz CT molecular complexity index is 2570. The van der Waals surface area contributed by atoms with Crippen molar-refractivity contribution < 1.29 is 38.1 Å². The van der Waals surface area contributed by atoms with E-state index in [2.05, 4.69) is 40.7 Å². The van der Waals surface area contributed by atoms with E-state index >= 15 is 0 Å². The highest BCUT2D eigenvalue weighted by Crippen LogP contribution is 2.28. The van der Waals surface area contributed by atoms with Gasteiger partial charge in [0.2, 0.25) is 5.91 Å². The van der Waals surface area contributed by atoms with Crippen LogP contribution in [0.2, 0.25) is 0 Å². The van der Waals surface area contributed by atoms with E-state index < -0.39 is 0 Å². The molecule has 0 radical (unpaired) electrons. The van der Waals surface area contributed by atoms with E-state index in [4.69, 9.17) is 23.7 Å². The second kappa shape index (κ2) is 27.2. The number of carbonyl (C=O) groups excluding carboxylic acids is 3. The van der Waals surface area contributed by atoms with Crippen LogP contribution in [0.1, 0.15) is 75.7 Å². The number of benzene rings is 2. The number of H-pyrrole nitrogens is 1. The SMILES string of the molecule is CCOc1cc(OC)ccc1CNCC(=O)N1CCCC(c2cccc(C(=O)NCCOCCOCCOCCNC(=O)c3ccc(N4CCN(Cc5cnc6cc(CC)c(=O)[nH]c6c5)CC4)cn3)c2)C1. The molecule has 71 heavy (non-hydrogen) atoms. The first kappa shape index (κ1) is 52.4. The van der Waals surface area contributed by atoms with Gasteiger partial charge in [-0.1, -0.05) is 25.1 Å². The fourth-order valence-corrected chi connectivity index (χ4v) is 8.78. The Kier molecular flexibility index (Phi) is 20.1. The van der Waals surface area contributed by atoms with Crippen molar-refractivity contribution in [2.45, 2.75) is 52.1 Å². The van der Waals surface area contributed by atoms with Crippen LogP contribution in [0, 0.1) is 0 Å². The number of methoxy groups -OCH3 is 1. The molecule has 2 aliphatic heterocycles. The summed E-state index contributed by atoms with van der Waals surface area (Å²) in [6, 6.07) is 20.9. The van der Waals surface area contributed by atoms with Crippen molar-refractivity contribution in [3.8, 4) is 11.5 Å². The van der Waals surface area contributed by atoms with Gasteiger partial charge in [-0.25, -0.2) is 4.98 Å². The number of carbonyl (C=O) groups is 3. The van der Waals surface area contributed by atoms with Crippen molar-refractivity contribution in [1.29, 1.82) is 0 Å². The van der Waals surface area contributed by atoms with Gasteiger partial charge >= 0.3 is 0 Å². The maximum Gasteiger partial charge on any atom is 0.269 e. The Morgan fingerprint density at radius 2 is 1.55 bits per heavy atom. The van der Waals surface area contributed by atoms with E-state index in [0.717, 1.165) is 96.0 Å². The first-order chi connectivity index (χ1) is 34.7. The van der Waals surface area contributed by atoms with Crippen LogP contribution in [0.15, 0.2) is 83.9 Å². The number of rotatable bonds is 26. The van der Waals surface area contributed by atoms with Crippen molar-refractivity contribution in [2.75, 3.05) is 117 Å². The van der Waals surface area contributed by atoms with Gasteiger partial charge in [0.25, 0.3) is 17.4 Å². The second-order valence-electron chi connectivity index (χ2n) is 17.6. The maximum absolute atomic E-state index is 13.2. The molecule has 3 aromatic heterocycles. The number of piperidine rings is 1. The molecule has 1 unspecified atom stereocenters. The summed E-state index contributed by atoms with van der Waals surface area (Å²) in [4.78, 5) is 69.7. The minimum absolute atomic E-state index is 0.0480. The van der Waals surface area contributed by atoms with Gasteiger partial charge < -0.3 is 54.4 Å². The van der Waals surface area contributed by atoms with Crippen LogP contribution >= 0.6 is 0 Å². The number of anilines is 1. The number of hydrogen-bond donors (Lipinski definition) is 4. The Morgan fingerprint density at radius 3 is 2.27 bits per heavy atom. The number of aryl methyl sites for hydroxylation is 1. The average Bonchev–Trinajstić information content (AvgIpc) is 3.40. The Balaban J connectivity index is 0.691. The molecular formula is C53H69N9O9. The standard InChI is InChI=1S/C53H69N9O9/c1-4-39-30-47-48(59-52(39)65)28-38(32-57-47)36-60-18-20-61(21-19-60)44-12-14-46(58-34-44)53(66)56-16-23-69-25-27-70-26-24-68-22-15-55-51(64)41-9-6-8-40(29-41)43-10-7-17-62(37-43)50(63)35-54-33-42-11-13-45(67-3)31-49(42)71-5-2/h6,8-9,11-14,28-32,34,43,54H,4-5,7,10,15-27,33,35-37H2,1-3H3,(H,55,64)(H,56,66)(H,59,65). The summed E-state index contributed by atoms with van der Waals surface area (Å²) in [6.07, 6.45) is 6.14. The fraction of sp³-hybridized carbons (Fsp3) is 0.472. The molecule has 18 nitrogen and oxygen atoms in total. The highest BCUT2D eigenvalue weighted by Gasteiger charge is 2.25. The number of nitrogens with one attached hydrogen (secondary N) is 4. The van der Waals surface area contributed by atoms with Crippen molar-refractivity contribution in [3.05, 3.63) is 123 Å². The van der Waals surface area contributed by atoms with Crippen molar-refractivity contribution >= 4 is 34.4 Å². The van der Waals surface area contributed by atoms with Gasteiger partial charge in [0.15, 0.2) is 0 Å². The molecule has 2 aliphatic rings. The van der Waals surface area contributed by atoms with Gasteiger partial charge in [-0.15, -0.1) is 0 Å². The predicted octanol–water partition coefficient (Wildman–Crippen LogP) is 4.32. The summed E-state index contributed by atoms with van der Waals surface area (Å²) >= 11 is 0. The Morgan fingerprint density at radius 1 is 0.789 bits per heavy atom. The van der Waals surface area contributed by atoms with Crippen LogP contribution in [-0.2, 0) is 38.5 Å². The van der Waals surface area contributed by atoms with Gasteiger partial charge in [0, 0.05) is 100 Å².